The highest BCUT2D eigenvalue weighted by Gasteiger charge is 2.13. The van der Waals surface area contributed by atoms with Crippen molar-refractivity contribution in [2.24, 2.45) is 0 Å². The van der Waals surface area contributed by atoms with Crippen molar-refractivity contribution in [3.8, 4) is 10.6 Å². The molecule has 1 aromatic carbocycles. The number of hydrogen-bond donors (Lipinski definition) is 1. The molecular formula is C12H13F2N3S. The summed E-state index contributed by atoms with van der Waals surface area (Å²) in [7, 11) is 0. The standard InChI is InChI=1S/C12H13F2N3S/c1-3-15-7(2)11-16-17-12(18-11)8-4-5-9(13)10(14)6-8/h4-7,15H,3H2,1-2H3. The summed E-state index contributed by atoms with van der Waals surface area (Å²) in [6, 6.07) is 3.84. The van der Waals surface area contributed by atoms with Gasteiger partial charge in [0.2, 0.25) is 0 Å². The lowest BCUT2D eigenvalue weighted by atomic mass is 10.2. The molecule has 1 heterocycles. The molecule has 3 nitrogen and oxygen atoms in total. The molecular weight excluding hydrogens is 256 g/mol. The minimum absolute atomic E-state index is 0.103. The second-order valence-corrected chi connectivity index (χ2v) is 4.86. The van der Waals surface area contributed by atoms with Gasteiger partial charge in [0.25, 0.3) is 0 Å². The Morgan fingerprint density at radius 3 is 2.72 bits per heavy atom. The van der Waals surface area contributed by atoms with Crippen LogP contribution in [0.25, 0.3) is 10.6 Å². The minimum Gasteiger partial charge on any atom is -0.308 e. The molecule has 0 radical (unpaired) electrons. The van der Waals surface area contributed by atoms with Crippen molar-refractivity contribution < 1.29 is 8.78 Å². The van der Waals surface area contributed by atoms with Crippen LogP contribution in [0.15, 0.2) is 18.2 Å². The Labute approximate surface area is 108 Å². The number of hydrogen-bond acceptors (Lipinski definition) is 4. The van der Waals surface area contributed by atoms with Crippen LogP contribution in [0.1, 0.15) is 24.9 Å². The van der Waals surface area contributed by atoms with E-state index in [1.54, 1.807) is 0 Å². The number of nitrogens with one attached hydrogen (secondary N) is 1. The maximum absolute atomic E-state index is 13.1. The molecule has 0 spiro atoms. The molecule has 0 aliphatic heterocycles. The summed E-state index contributed by atoms with van der Waals surface area (Å²) in [5, 5.41) is 12.7. The van der Waals surface area contributed by atoms with Gasteiger partial charge in [-0.2, -0.15) is 0 Å². The van der Waals surface area contributed by atoms with Gasteiger partial charge < -0.3 is 5.32 Å². The van der Waals surface area contributed by atoms with E-state index in [1.165, 1.54) is 17.4 Å². The Hall–Kier alpha value is -1.40. The van der Waals surface area contributed by atoms with Crippen molar-refractivity contribution in [3.63, 3.8) is 0 Å². The van der Waals surface area contributed by atoms with Crippen LogP contribution in [-0.2, 0) is 0 Å². The summed E-state index contributed by atoms with van der Waals surface area (Å²) in [6.07, 6.45) is 0. The van der Waals surface area contributed by atoms with Gasteiger partial charge in [-0.25, -0.2) is 8.78 Å². The molecule has 0 aliphatic carbocycles. The van der Waals surface area contributed by atoms with Crippen LogP contribution in [-0.4, -0.2) is 16.7 Å². The van der Waals surface area contributed by atoms with Crippen molar-refractivity contribution in [1.82, 2.24) is 15.5 Å². The molecule has 0 saturated heterocycles. The van der Waals surface area contributed by atoms with Crippen LogP contribution in [0.4, 0.5) is 8.78 Å². The average Bonchev–Trinajstić information content (AvgIpc) is 2.82. The molecule has 0 bridgehead atoms. The molecule has 0 saturated carbocycles. The van der Waals surface area contributed by atoms with Crippen molar-refractivity contribution in [2.45, 2.75) is 19.9 Å². The molecule has 2 rings (SSSR count). The number of nitrogens with zero attached hydrogens (tertiary/aromatic N) is 2. The predicted molar refractivity (Wildman–Crippen MR) is 67.4 cm³/mol. The predicted octanol–water partition coefficient (Wildman–Crippen LogP) is 3.15. The van der Waals surface area contributed by atoms with Gasteiger partial charge in [-0.3, -0.25) is 0 Å². The number of rotatable bonds is 4. The lowest BCUT2D eigenvalue weighted by molar-refractivity contribution is 0.509. The highest BCUT2D eigenvalue weighted by molar-refractivity contribution is 7.14. The molecule has 18 heavy (non-hydrogen) atoms. The fourth-order valence-corrected chi connectivity index (χ4v) is 2.42. The monoisotopic (exact) mass is 269 g/mol. The van der Waals surface area contributed by atoms with Crippen molar-refractivity contribution in [2.75, 3.05) is 6.54 Å². The lowest BCUT2D eigenvalue weighted by Crippen LogP contribution is -2.17. The fraction of sp³-hybridized carbons (Fsp3) is 0.333. The van der Waals surface area contributed by atoms with Crippen molar-refractivity contribution in [3.05, 3.63) is 34.8 Å². The van der Waals surface area contributed by atoms with Crippen LogP contribution in [0.5, 0.6) is 0 Å². The van der Waals surface area contributed by atoms with Gasteiger partial charge in [-0.1, -0.05) is 18.3 Å². The van der Waals surface area contributed by atoms with Gasteiger partial charge in [0.1, 0.15) is 10.0 Å². The second kappa shape index (κ2) is 5.49. The van der Waals surface area contributed by atoms with Gasteiger partial charge >= 0.3 is 0 Å². The largest absolute Gasteiger partial charge is 0.308 e. The van der Waals surface area contributed by atoms with E-state index in [4.69, 9.17) is 0 Å². The van der Waals surface area contributed by atoms with Crippen molar-refractivity contribution >= 4 is 11.3 Å². The molecule has 1 N–H and O–H groups in total. The first kappa shape index (κ1) is 13.0. The third kappa shape index (κ3) is 2.70. The zero-order valence-corrected chi connectivity index (χ0v) is 10.9. The second-order valence-electron chi connectivity index (χ2n) is 3.85. The fourth-order valence-electron chi connectivity index (χ4n) is 1.55. The van der Waals surface area contributed by atoms with Gasteiger partial charge in [0.15, 0.2) is 11.6 Å². The maximum atomic E-state index is 13.1. The first-order chi connectivity index (χ1) is 8.61. The molecule has 0 aliphatic rings. The van der Waals surface area contributed by atoms with E-state index in [2.05, 4.69) is 15.5 Å². The summed E-state index contributed by atoms with van der Waals surface area (Å²) >= 11 is 1.37. The summed E-state index contributed by atoms with van der Waals surface area (Å²) in [6.45, 7) is 4.83. The summed E-state index contributed by atoms with van der Waals surface area (Å²) in [5.41, 5.74) is 0.543. The van der Waals surface area contributed by atoms with E-state index in [1.807, 2.05) is 13.8 Å². The zero-order chi connectivity index (χ0) is 13.1. The van der Waals surface area contributed by atoms with E-state index in [-0.39, 0.29) is 6.04 Å². The Morgan fingerprint density at radius 2 is 2.06 bits per heavy atom. The molecule has 2 aromatic rings. The van der Waals surface area contributed by atoms with Crippen LogP contribution in [0.2, 0.25) is 0 Å². The molecule has 6 heteroatoms. The highest BCUT2D eigenvalue weighted by Crippen LogP contribution is 2.27. The van der Waals surface area contributed by atoms with Gasteiger partial charge in [0, 0.05) is 5.56 Å². The van der Waals surface area contributed by atoms with Gasteiger partial charge in [-0.05, 0) is 31.7 Å². The van der Waals surface area contributed by atoms with Gasteiger partial charge in [0.05, 0.1) is 6.04 Å². The third-order valence-corrected chi connectivity index (χ3v) is 3.64. The zero-order valence-electron chi connectivity index (χ0n) is 10.1. The maximum Gasteiger partial charge on any atom is 0.159 e. The molecule has 96 valence electrons. The lowest BCUT2D eigenvalue weighted by Gasteiger charge is -2.06. The molecule has 0 fully saturated rings. The Kier molecular flexibility index (Phi) is 3.98. The van der Waals surface area contributed by atoms with Crippen LogP contribution >= 0.6 is 11.3 Å². The Balaban J connectivity index is 2.26. The SMILES string of the molecule is CCNC(C)c1nnc(-c2ccc(F)c(F)c2)s1. The van der Waals surface area contributed by atoms with Crippen LogP contribution in [0, 0.1) is 11.6 Å². The molecule has 1 unspecified atom stereocenters. The highest BCUT2D eigenvalue weighted by atomic mass is 32.1. The molecule has 0 amide bonds. The van der Waals surface area contributed by atoms with E-state index < -0.39 is 11.6 Å². The van der Waals surface area contributed by atoms with Gasteiger partial charge in [-0.15, -0.1) is 10.2 Å². The number of aromatic nitrogens is 2. The smallest absolute Gasteiger partial charge is 0.159 e. The summed E-state index contributed by atoms with van der Waals surface area (Å²) < 4.78 is 26.0. The first-order valence-corrected chi connectivity index (χ1v) is 6.45. The van der Waals surface area contributed by atoms with Crippen LogP contribution < -0.4 is 5.32 Å². The minimum atomic E-state index is -0.871. The normalized spacial score (nSPS) is 12.7. The number of benzene rings is 1. The number of halogens is 2. The summed E-state index contributed by atoms with van der Waals surface area (Å²) in [5.74, 6) is -1.73. The Bertz CT molecular complexity index is 542. The van der Waals surface area contributed by atoms with E-state index in [0.29, 0.717) is 10.6 Å². The molecule has 1 aromatic heterocycles. The van der Waals surface area contributed by atoms with E-state index in [9.17, 15) is 8.78 Å². The first-order valence-electron chi connectivity index (χ1n) is 5.64. The Morgan fingerprint density at radius 1 is 1.28 bits per heavy atom. The van der Waals surface area contributed by atoms with E-state index >= 15 is 0 Å². The topological polar surface area (TPSA) is 37.8 Å². The summed E-state index contributed by atoms with van der Waals surface area (Å²) in [4.78, 5) is 0. The van der Waals surface area contributed by atoms with Crippen molar-refractivity contribution in [1.29, 1.82) is 0 Å². The molecule has 1 atom stereocenters. The average molecular weight is 269 g/mol. The van der Waals surface area contributed by atoms with E-state index in [0.717, 1.165) is 23.7 Å². The van der Waals surface area contributed by atoms with Crippen LogP contribution in [0.3, 0.4) is 0 Å². The quantitative estimate of drug-likeness (QED) is 0.926. The third-order valence-electron chi connectivity index (χ3n) is 2.49.